The molecule has 1 fully saturated rings. The van der Waals surface area contributed by atoms with Gasteiger partial charge in [0.25, 0.3) is 0 Å². The number of rotatable bonds is 4. The summed E-state index contributed by atoms with van der Waals surface area (Å²) in [6, 6.07) is 10.4. The van der Waals surface area contributed by atoms with Crippen molar-refractivity contribution in [2.24, 2.45) is 5.92 Å². The lowest BCUT2D eigenvalue weighted by molar-refractivity contribution is -0.126. The standard InChI is InChI=1S/C16H23NO/c1-2-15(13-9-5-3-6-10-13)17-16(18)14-11-7-4-8-12-14/h3,5-6,9-10,14-15H,2,4,7-8,11-12H2,1H3,(H,17,18). The first kappa shape index (κ1) is 13.1. The highest BCUT2D eigenvalue weighted by molar-refractivity contribution is 5.79. The molecule has 98 valence electrons. The lowest BCUT2D eigenvalue weighted by Crippen LogP contribution is -2.34. The number of carbonyl (C=O) groups is 1. The van der Waals surface area contributed by atoms with Crippen LogP contribution in [-0.2, 0) is 4.79 Å². The van der Waals surface area contributed by atoms with Crippen molar-refractivity contribution in [2.45, 2.75) is 51.5 Å². The Labute approximate surface area is 110 Å². The summed E-state index contributed by atoms with van der Waals surface area (Å²) in [5.74, 6) is 0.502. The number of carbonyl (C=O) groups excluding carboxylic acids is 1. The zero-order valence-corrected chi connectivity index (χ0v) is 11.2. The molecule has 0 heterocycles. The highest BCUT2D eigenvalue weighted by atomic mass is 16.1. The predicted octanol–water partition coefficient (Wildman–Crippen LogP) is 3.83. The van der Waals surface area contributed by atoms with Crippen LogP contribution in [-0.4, -0.2) is 5.91 Å². The molecular formula is C16H23NO. The lowest BCUT2D eigenvalue weighted by atomic mass is 9.88. The van der Waals surface area contributed by atoms with Gasteiger partial charge in [0.15, 0.2) is 0 Å². The minimum absolute atomic E-state index is 0.167. The first-order valence-corrected chi connectivity index (χ1v) is 7.16. The molecule has 1 unspecified atom stereocenters. The molecule has 0 aliphatic heterocycles. The molecule has 1 atom stereocenters. The van der Waals surface area contributed by atoms with E-state index < -0.39 is 0 Å². The molecule has 0 aromatic heterocycles. The van der Waals surface area contributed by atoms with Crippen LogP contribution in [0.15, 0.2) is 30.3 Å². The Balaban J connectivity index is 1.95. The zero-order chi connectivity index (χ0) is 12.8. The molecule has 1 N–H and O–H groups in total. The van der Waals surface area contributed by atoms with Crippen LogP contribution in [0.3, 0.4) is 0 Å². The van der Waals surface area contributed by atoms with Crippen LogP contribution >= 0.6 is 0 Å². The highest BCUT2D eigenvalue weighted by Crippen LogP contribution is 2.25. The first-order valence-electron chi connectivity index (χ1n) is 7.16. The van der Waals surface area contributed by atoms with Crippen molar-refractivity contribution in [3.05, 3.63) is 35.9 Å². The number of hydrogen-bond donors (Lipinski definition) is 1. The highest BCUT2D eigenvalue weighted by Gasteiger charge is 2.23. The van der Waals surface area contributed by atoms with Crippen molar-refractivity contribution in [1.29, 1.82) is 0 Å². The molecular weight excluding hydrogens is 222 g/mol. The zero-order valence-electron chi connectivity index (χ0n) is 11.2. The maximum absolute atomic E-state index is 12.2. The van der Waals surface area contributed by atoms with E-state index in [0.717, 1.165) is 19.3 Å². The number of amides is 1. The van der Waals surface area contributed by atoms with Gasteiger partial charge in [-0.05, 0) is 24.8 Å². The molecule has 0 spiro atoms. The van der Waals surface area contributed by atoms with E-state index in [1.165, 1.54) is 24.8 Å². The van der Waals surface area contributed by atoms with Crippen LogP contribution in [0.5, 0.6) is 0 Å². The molecule has 0 saturated heterocycles. The van der Waals surface area contributed by atoms with E-state index in [1.807, 2.05) is 18.2 Å². The largest absolute Gasteiger partial charge is 0.349 e. The fourth-order valence-electron chi connectivity index (χ4n) is 2.76. The Morgan fingerprint density at radius 1 is 1.22 bits per heavy atom. The van der Waals surface area contributed by atoms with Crippen LogP contribution in [0.2, 0.25) is 0 Å². The van der Waals surface area contributed by atoms with E-state index in [1.54, 1.807) is 0 Å². The molecule has 2 nitrogen and oxygen atoms in total. The van der Waals surface area contributed by atoms with Gasteiger partial charge < -0.3 is 5.32 Å². The van der Waals surface area contributed by atoms with Gasteiger partial charge in [0.05, 0.1) is 6.04 Å². The predicted molar refractivity (Wildman–Crippen MR) is 74.2 cm³/mol. The average Bonchev–Trinajstić information content (AvgIpc) is 2.46. The Morgan fingerprint density at radius 2 is 1.89 bits per heavy atom. The number of nitrogens with one attached hydrogen (secondary N) is 1. The summed E-state index contributed by atoms with van der Waals surface area (Å²) in [4.78, 5) is 12.2. The molecule has 0 radical (unpaired) electrons. The van der Waals surface area contributed by atoms with Crippen molar-refractivity contribution in [3.8, 4) is 0 Å². The molecule has 2 heteroatoms. The Morgan fingerprint density at radius 3 is 2.50 bits per heavy atom. The van der Waals surface area contributed by atoms with E-state index in [-0.39, 0.29) is 17.9 Å². The third kappa shape index (κ3) is 3.34. The fourth-order valence-corrected chi connectivity index (χ4v) is 2.76. The van der Waals surface area contributed by atoms with Gasteiger partial charge >= 0.3 is 0 Å². The van der Waals surface area contributed by atoms with Crippen LogP contribution in [0.1, 0.15) is 57.1 Å². The van der Waals surface area contributed by atoms with Gasteiger partial charge in [-0.1, -0.05) is 56.5 Å². The normalized spacial score (nSPS) is 18.3. The Bertz CT molecular complexity index is 368. The van der Waals surface area contributed by atoms with E-state index in [0.29, 0.717) is 0 Å². The maximum Gasteiger partial charge on any atom is 0.223 e. The van der Waals surface area contributed by atoms with Crippen molar-refractivity contribution < 1.29 is 4.79 Å². The summed E-state index contributed by atoms with van der Waals surface area (Å²) >= 11 is 0. The molecule has 1 aliphatic carbocycles. The third-order valence-electron chi connectivity index (χ3n) is 3.90. The molecule has 1 aliphatic rings. The van der Waals surface area contributed by atoms with Crippen LogP contribution in [0.25, 0.3) is 0 Å². The average molecular weight is 245 g/mol. The molecule has 2 rings (SSSR count). The van der Waals surface area contributed by atoms with E-state index >= 15 is 0 Å². The Hall–Kier alpha value is -1.31. The second kappa shape index (κ2) is 6.58. The van der Waals surface area contributed by atoms with Crippen molar-refractivity contribution in [3.63, 3.8) is 0 Å². The number of hydrogen-bond acceptors (Lipinski definition) is 1. The van der Waals surface area contributed by atoms with Gasteiger partial charge in [-0.15, -0.1) is 0 Å². The summed E-state index contributed by atoms with van der Waals surface area (Å²) in [6.07, 6.45) is 6.79. The van der Waals surface area contributed by atoms with Crippen LogP contribution in [0, 0.1) is 5.92 Å². The summed E-state index contributed by atoms with van der Waals surface area (Å²) in [6.45, 7) is 2.12. The number of benzene rings is 1. The van der Waals surface area contributed by atoms with Crippen LogP contribution in [0.4, 0.5) is 0 Å². The van der Waals surface area contributed by atoms with Gasteiger partial charge in [0.1, 0.15) is 0 Å². The SMILES string of the molecule is CCC(NC(=O)C1CCCCC1)c1ccccc1. The summed E-state index contributed by atoms with van der Waals surface area (Å²) < 4.78 is 0. The summed E-state index contributed by atoms with van der Waals surface area (Å²) in [5, 5.41) is 3.21. The molecule has 1 aromatic carbocycles. The quantitative estimate of drug-likeness (QED) is 0.858. The minimum Gasteiger partial charge on any atom is -0.349 e. The molecule has 0 bridgehead atoms. The van der Waals surface area contributed by atoms with Crippen molar-refractivity contribution >= 4 is 5.91 Å². The molecule has 18 heavy (non-hydrogen) atoms. The Kier molecular flexibility index (Phi) is 4.80. The second-order valence-corrected chi connectivity index (χ2v) is 5.22. The monoisotopic (exact) mass is 245 g/mol. The van der Waals surface area contributed by atoms with Crippen molar-refractivity contribution in [1.82, 2.24) is 5.32 Å². The minimum atomic E-state index is 0.167. The molecule has 1 amide bonds. The summed E-state index contributed by atoms with van der Waals surface area (Å²) in [5.41, 5.74) is 1.21. The maximum atomic E-state index is 12.2. The topological polar surface area (TPSA) is 29.1 Å². The van der Waals surface area contributed by atoms with Gasteiger partial charge in [0.2, 0.25) is 5.91 Å². The molecule has 1 saturated carbocycles. The first-order chi connectivity index (χ1) is 8.81. The van der Waals surface area contributed by atoms with Gasteiger partial charge in [0, 0.05) is 5.92 Å². The van der Waals surface area contributed by atoms with Crippen LogP contribution < -0.4 is 5.32 Å². The van der Waals surface area contributed by atoms with E-state index in [4.69, 9.17) is 0 Å². The second-order valence-electron chi connectivity index (χ2n) is 5.22. The van der Waals surface area contributed by atoms with Gasteiger partial charge in [-0.2, -0.15) is 0 Å². The lowest BCUT2D eigenvalue weighted by Gasteiger charge is -2.24. The van der Waals surface area contributed by atoms with Gasteiger partial charge in [-0.3, -0.25) is 4.79 Å². The van der Waals surface area contributed by atoms with E-state index in [2.05, 4.69) is 24.4 Å². The summed E-state index contributed by atoms with van der Waals surface area (Å²) in [7, 11) is 0. The van der Waals surface area contributed by atoms with E-state index in [9.17, 15) is 4.79 Å². The smallest absolute Gasteiger partial charge is 0.223 e. The van der Waals surface area contributed by atoms with Gasteiger partial charge in [-0.25, -0.2) is 0 Å². The molecule has 1 aromatic rings. The van der Waals surface area contributed by atoms with Crippen molar-refractivity contribution in [2.75, 3.05) is 0 Å². The third-order valence-corrected chi connectivity index (χ3v) is 3.90. The fraction of sp³-hybridized carbons (Fsp3) is 0.562.